The van der Waals surface area contributed by atoms with Crippen molar-refractivity contribution in [3.05, 3.63) is 89.5 Å². The van der Waals surface area contributed by atoms with Gasteiger partial charge in [0, 0.05) is 17.3 Å². The Balaban J connectivity index is 1.53. The minimum absolute atomic E-state index is 0.0293. The third kappa shape index (κ3) is 4.58. The van der Waals surface area contributed by atoms with Crippen molar-refractivity contribution in [2.45, 2.75) is 31.1 Å². The normalized spacial score (nSPS) is 14.2. The first-order chi connectivity index (χ1) is 16.1. The van der Waals surface area contributed by atoms with Crippen molar-refractivity contribution in [1.29, 1.82) is 5.26 Å². The summed E-state index contributed by atoms with van der Waals surface area (Å²) in [5.74, 6) is 0.0484. The highest BCUT2D eigenvalue weighted by atomic mass is 16.5. The lowest BCUT2D eigenvalue weighted by Gasteiger charge is -2.28. The van der Waals surface area contributed by atoms with Crippen molar-refractivity contribution >= 4 is 23.2 Å². The fourth-order valence-electron chi connectivity index (χ4n) is 4.43. The van der Waals surface area contributed by atoms with Crippen LogP contribution in [-0.4, -0.2) is 18.9 Å². The van der Waals surface area contributed by atoms with E-state index in [4.69, 9.17) is 10.00 Å². The predicted octanol–water partition coefficient (Wildman–Crippen LogP) is 5.27. The van der Waals surface area contributed by atoms with Crippen LogP contribution < -0.4 is 15.4 Å². The maximum atomic E-state index is 13.4. The lowest BCUT2D eigenvalue weighted by molar-refractivity contribution is -0.121. The third-order valence-electron chi connectivity index (χ3n) is 6.18. The molecule has 0 aromatic heterocycles. The van der Waals surface area contributed by atoms with Crippen molar-refractivity contribution in [2.75, 3.05) is 17.7 Å². The van der Waals surface area contributed by atoms with E-state index in [0.29, 0.717) is 28.3 Å². The number of amides is 2. The maximum absolute atomic E-state index is 13.4. The van der Waals surface area contributed by atoms with Crippen LogP contribution in [0.2, 0.25) is 0 Å². The van der Waals surface area contributed by atoms with Crippen LogP contribution in [0, 0.1) is 11.3 Å². The third-order valence-corrected chi connectivity index (χ3v) is 6.18. The first kappa shape index (κ1) is 22.1. The molecule has 6 heteroatoms. The highest BCUT2D eigenvalue weighted by Crippen LogP contribution is 2.42. The van der Waals surface area contributed by atoms with Crippen LogP contribution >= 0.6 is 0 Å². The molecule has 3 aromatic carbocycles. The van der Waals surface area contributed by atoms with Crippen LogP contribution in [0.4, 0.5) is 11.4 Å². The number of hydrogen-bond acceptors (Lipinski definition) is 4. The van der Waals surface area contributed by atoms with Crippen molar-refractivity contribution in [1.82, 2.24) is 0 Å². The van der Waals surface area contributed by atoms with Crippen LogP contribution in [0.3, 0.4) is 0 Å². The lowest BCUT2D eigenvalue weighted by atomic mass is 9.78. The molecular formula is C27H25N3O3. The van der Waals surface area contributed by atoms with Crippen LogP contribution in [0.25, 0.3) is 0 Å². The number of carbonyl (C=O) groups excluding carboxylic acids is 2. The molecule has 3 aromatic rings. The Morgan fingerprint density at radius 3 is 2.39 bits per heavy atom. The zero-order valence-corrected chi connectivity index (χ0v) is 18.4. The van der Waals surface area contributed by atoms with Crippen LogP contribution in [0.15, 0.2) is 72.8 Å². The zero-order chi connectivity index (χ0) is 23.3. The topological polar surface area (TPSA) is 91.2 Å². The van der Waals surface area contributed by atoms with Crippen LogP contribution in [-0.2, 0) is 10.2 Å². The first-order valence-electron chi connectivity index (χ1n) is 10.9. The number of hydrogen-bond donors (Lipinski definition) is 2. The molecule has 0 atom stereocenters. The molecule has 6 nitrogen and oxygen atoms in total. The fourth-order valence-corrected chi connectivity index (χ4v) is 4.43. The number of rotatable bonds is 6. The molecule has 0 bridgehead atoms. The van der Waals surface area contributed by atoms with Crippen LogP contribution in [0.1, 0.15) is 47.2 Å². The molecule has 0 saturated heterocycles. The predicted molar refractivity (Wildman–Crippen MR) is 127 cm³/mol. The van der Waals surface area contributed by atoms with Gasteiger partial charge in [0.15, 0.2) is 0 Å². The van der Waals surface area contributed by atoms with Crippen molar-refractivity contribution in [3.8, 4) is 11.8 Å². The monoisotopic (exact) mass is 439 g/mol. The van der Waals surface area contributed by atoms with Gasteiger partial charge >= 0.3 is 0 Å². The Morgan fingerprint density at radius 1 is 0.939 bits per heavy atom. The van der Waals surface area contributed by atoms with Crippen molar-refractivity contribution < 1.29 is 14.3 Å². The number of methoxy groups -OCH3 is 1. The molecule has 0 unspecified atom stereocenters. The number of carbonyl (C=O) groups is 2. The summed E-state index contributed by atoms with van der Waals surface area (Å²) in [6, 6.07) is 23.6. The van der Waals surface area contributed by atoms with Gasteiger partial charge in [0.1, 0.15) is 5.75 Å². The number of nitriles is 1. The number of ether oxygens (including phenoxy) is 1. The van der Waals surface area contributed by atoms with Gasteiger partial charge in [0.25, 0.3) is 5.91 Å². The van der Waals surface area contributed by atoms with Gasteiger partial charge in [-0.2, -0.15) is 5.26 Å². The molecule has 1 aliphatic rings. The number of nitrogens with zero attached hydrogens (tertiary/aromatic N) is 1. The largest absolute Gasteiger partial charge is 0.494 e. The maximum Gasteiger partial charge on any atom is 0.255 e. The molecule has 0 aliphatic heterocycles. The smallest absolute Gasteiger partial charge is 0.255 e. The first-order valence-corrected chi connectivity index (χ1v) is 10.9. The summed E-state index contributed by atoms with van der Waals surface area (Å²) in [7, 11) is 1.51. The Hall–Kier alpha value is -4.11. The van der Waals surface area contributed by atoms with E-state index < -0.39 is 5.41 Å². The quantitative estimate of drug-likeness (QED) is 0.547. The summed E-state index contributed by atoms with van der Waals surface area (Å²) in [4.78, 5) is 26.0. The van der Waals surface area contributed by atoms with Gasteiger partial charge in [0.2, 0.25) is 5.91 Å². The van der Waals surface area contributed by atoms with E-state index in [9.17, 15) is 9.59 Å². The van der Waals surface area contributed by atoms with Gasteiger partial charge in [-0.3, -0.25) is 9.59 Å². The molecule has 1 saturated carbocycles. The van der Waals surface area contributed by atoms with E-state index in [2.05, 4.69) is 10.6 Å². The number of nitrogens with one attached hydrogen (secondary N) is 2. The van der Waals surface area contributed by atoms with Gasteiger partial charge in [-0.1, -0.05) is 49.2 Å². The van der Waals surface area contributed by atoms with E-state index in [1.807, 2.05) is 36.4 Å². The highest BCUT2D eigenvalue weighted by molar-refractivity contribution is 6.05. The fraction of sp³-hybridized carbons (Fsp3) is 0.222. The van der Waals surface area contributed by atoms with E-state index in [1.54, 1.807) is 36.4 Å². The number of benzene rings is 3. The average molecular weight is 440 g/mol. The van der Waals surface area contributed by atoms with E-state index in [-0.39, 0.29) is 11.8 Å². The summed E-state index contributed by atoms with van der Waals surface area (Å²) in [6.45, 7) is 0. The number of anilines is 2. The van der Waals surface area contributed by atoms with Crippen molar-refractivity contribution in [2.24, 2.45) is 0 Å². The molecule has 0 radical (unpaired) electrons. The Kier molecular flexibility index (Phi) is 6.41. The summed E-state index contributed by atoms with van der Waals surface area (Å²) in [5.41, 5.74) is 2.36. The van der Waals surface area contributed by atoms with Crippen LogP contribution in [0.5, 0.6) is 5.75 Å². The highest BCUT2D eigenvalue weighted by Gasteiger charge is 2.42. The molecule has 0 spiro atoms. The van der Waals surface area contributed by atoms with Crippen molar-refractivity contribution in [3.63, 3.8) is 0 Å². The SMILES string of the molecule is COc1cc(NC(=O)C2(c3ccccc3)CCCC2)ccc1NC(=O)c1cccc(C#N)c1. The van der Waals surface area contributed by atoms with Gasteiger partial charge in [-0.25, -0.2) is 0 Å². The molecule has 2 N–H and O–H groups in total. The Bertz CT molecular complexity index is 1210. The minimum atomic E-state index is -0.535. The van der Waals surface area contributed by atoms with E-state index in [1.165, 1.54) is 13.2 Å². The molecule has 4 rings (SSSR count). The standard InChI is InChI=1S/C27H25N3O3/c1-33-24-17-22(12-13-23(24)30-25(31)20-9-7-8-19(16-20)18-28)29-26(32)27(14-5-6-15-27)21-10-3-2-4-11-21/h2-4,7-13,16-17H,5-6,14-15H2,1H3,(H,29,32)(H,30,31). The summed E-state index contributed by atoms with van der Waals surface area (Å²) in [5, 5.41) is 14.9. The Labute approximate surface area is 193 Å². The second-order valence-electron chi connectivity index (χ2n) is 8.17. The van der Waals surface area contributed by atoms with Gasteiger partial charge in [-0.05, 0) is 48.7 Å². The van der Waals surface area contributed by atoms with Gasteiger partial charge < -0.3 is 15.4 Å². The lowest BCUT2D eigenvalue weighted by Crippen LogP contribution is -2.37. The van der Waals surface area contributed by atoms with Gasteiger partial charge in [-0.15, -0.1) is 0 Å². The molecular weight excluding hydrogens is 414 g/mol. The second-order valence-corrected chi connectivity index (χ2v) is 8.17. The Morgan fingerprint density at radius 2 is 1.70 bits per heavy atom. The summed E-state index contributed by atoms with van der Waals surface area (Å²) in [6.07, 6.45) is 3.67. The average Bonchev–Trinajstić information content (AvgIpc) is 3.37. The summed E-state index contributed by atoms with van der Waals surface area (Å²) >= 11 is 0. The molecule has 1 fully saturated rings. The van der Waals surface area contributed by atoms with E-state index in [0.717, 1.165) is 31.2 Å². The molecule has 0 heterocycles. The summed E-state index contributed by atoms with van der Waals surface area (Å²) < 4.78 is 5.47. The van der Waals surface area contributed by atoms with E-state index >= 15 is 0 Å². The minimum Gasteiger partial charge on any atom is -0.494 e. The van der Waals surface area contributed by atoms with Gasteiger partial charge in [0.05, 0.1) is 29.8 Å². The molecule has 33 heavy (non-hydrogen) atoms. The zero-order valence-electron chi connectivity index (χ0n) is 18.4. The molecule has 1 aliphatic carbocycles. The molecule has 2 amide bonds. The second kappa shape index (κ2) is 9.58. The molecule has 166 valence electrons.